The molecule has 2 rings (SSSR count). The van der Waals surface area contributed by atoms with Gasteiger partial charge in [-0.15, -0.1) is 0 Å². The molecule has 0 aromatic heterocycles. The first-order chi connectivity index (χ1) is 6.86. The van der Waals surface area contributed by atoms with Crippen molar-refractivity contribution in [2.24, 2.45) is 10.3 Å². The summed E-state index contributed by atoms with van der Waals surface area (Å²) in [5.74, 6) is 0.514. The number of hydrogen-bond acceptors (Lipinski definition) is 4. The van der Waals surface area contributed by atoms with Gasteiger partial charge in [-0.3, -0.25) is 0 Å². The number of para-hydroxylation sites is 1. The van der Waals surface area contributed by atoms with Crippen LogP contribution in [0, 0.1) is 0 Å². The van der Waals surface area contributed by atoms with Crippen molar-refractivity contribution >= 4 is 6.09 Å². The first-order valence-corrected chi connectivity index (χ1v) is 4.28. The molecule has 0 unspecified atom stereocenters. The Kier molecular flexibility index (Phi) is 2.40. The standard InChI is InChI=1S/C9H9N3O2/c13-9(12-7-6-10-11-12)14-8-4-2-1-3-5-8/h1-5H,6-7H2. The maximum absolute atomic E-state index is 11.4. The van der Waals surface area contributed by atoms with Gasteiger partial charge in [0.25, 0.3) is 0 Å². The third kappa shape index (κ3) is 1.87. The lowest BCUT2D eigenvalue weighted by Crippen LogP contribution is -2.27. The molecule has 1 aromatic rings. The van der Waals surface area contributed by atoms with Crippen molar-refractivity contribution in [2.75, 3.05) is 13.1 Å². The lowest BCUT2D eigenvalue weighted by molar-refractivity contribution is 0.159. The van der Waals surface area contributed by atoms with Crippen molar-refractivity contribution in [3.8, 4) is 5.75 Å². The number of carbonyl (C=O) groups excluding carboxylic acids is 1. The number of rotatable bonds is 1. The highest BCUT2D eigenvalue weighted by atomic mass is 16.6. The maximum atomic E-state index is 11.4. The maximum Gasteiger partial charge on any atom is 0.437 e. The average molecular weight is 191 g/mol. The molecule has 0 N–H and O–H groups in total. The zero-order chi connectivity index (χ0) is 9.80. The minimum absolute atomic E-state index is 0.488. The minimum atomic E-state index is -0.488. The highest BCUT2D eigenvalue weighted by Crippen LogP contribution is 2.11. The molecule has 0 spiro atoms. The van der Waals surface area contributed by atoms with E-state index in [1.807, 2.05) is 6.07 Å². The molecule has 5 nitrogen and oxygen atoms in total. The Hall–Kier alpha value is -1.91. The Morgan fingerprint density at radius 2 is 2.14 bits per heavy atom. The van der Waals surface area contributed by atoms with Crippen LogP contribution in [0.25, 0.3) is 0 Å². The van der Waals surface area contributed by atoms with E-state index in [0.717, 1.165) is 0 Å². The van der Waals surface area contributed by atoms with Gasteiger partial charge in [-0.1, -0.05) is 23.4 Å². The monoisotopic (exact) mass is 191 g/mol. The van der Waals surface area contributed by atoms with E-state index in [1.165, 1.54) is 5.01 Å². The summed E-state index contributed by atoms with van der Waals surface area (Å²) in [6.07, 6.45) is -0.488. The third-order valence-corrected chi connectivity index (χ3v) is 1.74. The Bertz CT molecular complexity index is 350. The van der Waals surface area contributed by atoms with Gasteiger partial charge < -0.3 is 4.74 Å². The summed E-state index contributed by atoms with van der Waals surface area (Å²) in [5.41, 5.74) is 0. The van der Waals surface area contributed by atoms with Crippen LogP contribution >= 0.6 is 0 Å². The molecule has 1 aliphatic rings. The van der Waals surface area contributed by atoms with Crippen LogP contribution in [0.1, 0.15) is 0 Å². The van der Waals surface area contributed by atoms with Crippen molar-refractivity contribution in [1.29, 1.82) is 0 Å². The number of carbonyl (C=O) groups is 1. The van der Waals surface area contributed by atoms with E-state index in [0.29, 0.717) is 18.8 Å². The normalized spacial score (nSPS) is 14.4. The molecule has 1 amide bonds. The molecule has 0 saturated carbocycles. The van der Waals surface area contributed by atoms with Gasteiger partial charge in [0.2, 0.25) is 0 Å². The lowest BCUT2D eigenvalue weighted by atomic mass is 10.3. The third-order valence-electron chi connectivity index (χ3n) is 1.74. The van der Waals surface area contributed by atoms with Crippen LogP contribution in [0.5, 0.6) is 5.75 Å². The summed E-state index contributed by atoms with van der Waals surface area (Å²) in [4.78, 5) is 11.4. The number of nitrogens with zero attached hydrogens (tertiary/aromatic N) is 3. The van der Waals surface area contributed by atoms with Crippen molar-refractivity contribution in [3.05, 3.63) is 30.3 Å². The van der Waals surface area contributed by atoms with E-state index in [4.69, 9.17) is 4.74 Å². The Labute approximate surface area is 81.0 Å². The van der Waals surface area contributed by atoms with Crippen LogP contribution in [0.2, 0.25) is 0 Å². The molecular weight excluding hydrogens is 182 g/mol. The quantitative estimate of drug-likeness (QED) is 0.680. The van der Waals surface area contributed by atoms with Gasteiger partial charge in [-0.2, -0.15) is 10.1 Å². The minimum Gasteiger partial charge on any atom is -0.409 e. The van der Waals surface area contributed by atoms with E-state index in [2.05, 4.69) is 10.3 Å². The summed E-state index contributed by atoms with van der Waals surface area (Å²) in [6.45, 7) is 1.04. The molecule has 0 radical (unpaired) electrons. The summed E-state index contributed by atoms with van der Waals surface area (Å²) in [5, 5.41) is 8.49. The molecule has 72 valence electrons. The van der Waals surface area contributed by atoms with E-state index in [-0.39, 0.29) is 0 Å². The summed E-state index contributed by atoms with van der Waals surface area (Å²) < 4.78 is 5.03. The molecular formula is C9H9N3O2. The second-order valence-electron chi connectivity index (χ2n) is 2.76. The molecule has 0 aliphatic carbocycles. The Morgan fingerprint density at radius 3 is 2.79 bits per heavy atom. The molecule has 14 heavy (non-hydrogen) atoms. The van der Waals surface area contributed by atoms with Crippen LogP contribution in [0.15, 0.2) is 40.7 Å². The number of benzene rings is 1. The van der Waals surface area contributed by atoms with Crippen molar-refractivity contribution in [3.63, 3.8) is 0 Å². The SMILES string of the molecule is O=C(Oc1ccccc1)N1CCN=N1. The van der Waals surface area contributed by atoms with E-state index in [1.54, 1.807) is 24.3 Å². The van der Waals surface area contributed by atoms with E-state index >= 15 is 0 Å². The Morgan fingerprint density at radius 1 is 1.36 bits per heavy atom. The second-order valence-corrected chi connectivity index (χ2v) is 2.76. The van der Waals surface area contributed by atoms with Crippen LogP contribution in [0.4, 0.5) is 4.79 Å². The molecule has 1 heterocycles. The summed E-state index contributed by atoms with van der Waals surface area (Å²) in [6, 6.07) is 8.88. The van der Waals surface area contributed by atoms with Crippen LogP contribution in [-0.4, -0.2) is 24.2 Å². The molecule has 0 bridgehead atoms. The number of ether oxygens (including phenoxy) is 1. The molecule has 5 heteroatoms. The zero-order valence-electron chi connectivity index (χ0n) is 7.46. The van der Waals surface area contributed by atoms with Crippen molar-refractivity contribution in [1.82, 2.24) is 5.01 Å². The molecule has 0 saturated heterocycles. The van der Waals surface area contributed by atoms with Gasteiger partial charge in [0.1, 0.15) is 5.75 Å². The fourth-order valence-corrected chi connectivity index (χ4v) is 1.08. The largest absolute Gasteiger partial charge is 0.437 e. The molecule has 0 atom stereocenters. The van der Waals surface area contributed by atoms with Crippen molar-refractivity contribution < 1.29 is 9.53 Å². The molecule has 1 aromatic carbocycles. The number of amides is 1. The average Bonchev–Trinajstić information content (AvgIpc) is 2.72. The first-order valence-electron chi connectivity index (χ1n) is 4.28. The fourth-order valence-electron chi connectivity index (χ4n) is 1.08. The predicted molar refractivity (Wildman–Crippen MR) is 48.9 cm³/mol. The number of hydrogen-bond donors (Lipinski definition) is 0. The fraction of sp³-hybridized carbons (Fsp3) is 0.222. The topological polar surface area (TPSA) is 54.3 Å². The van der Waals surface area contributed by atoms with Crippen LogP contribution in [-0.2, 0) is 0 Å². The smallest absolute Gasteiger partial charge is 0.409 e. The van der Waals surface area contributed by atoms with Gasteiger partial charge in [-0.25, -0.2) is 4.79 Å². The van der Waals surface area contributed by atoms with Crippen LogP contribution < -0.4 is 4.74 Å². The van der Waals surface area contributed by atoms with E-state index in [9.17, 15) is 4.79 Å². The summed E-state index contributed by atoms with van der Waals surface area (Å²) >= 11 is 0. The highest BCUT2D eigenvalue weighted by molar-refractivity contribution is 5.70. The van der Waals surface area contributed by atoms with Crippen LogP contribution in [0.3, 0.4) is 0 Å². The first kappa shape index (κ1) is 8.68. The van der Waals surface area contributed by atoms with Crippen molar-refractivity contribution in [2.45, 2.75) is 0 Å². The van der Waals surface area contributed by atoms with Gasteiger partial charge in [0, 0.05) is 0 Å². The highest BCUT2D eigenvalue weighted by Gasteiger charge is 2.18. The zero-order valence-corrected chi connectivity index (χ0v) is 7.46. The van der Waals surface area contributed by atoms with Gasteiger partial charge in [0.15, 0.2) is 0 Å². The van der Waals surface area contributed by atoms with Gasteiger partial charge in [0.05, 0.1) is 13.1 Å². The lowest BCUT2D eigenvalue weighted by Gasteiger charge is -2.09. The predicted octanol–water partition coefficient (Wildman–Crippen LogP) is 1.87. The summed E-state index contributed by atoms with van der Waals surface area (Å²) in [7, 11) is 0. The van der Waals surface area contributed by atoms with Gasteiger partial charge in [-0.05, 0) is 12.1 Å². The van der Waals surface area contributed by atoms with E-state index < -0.39 is 6.09 Å². The molecule has 1 aliphatic heterocycles. The van der Waals surface area contributed by atoms with Gasteiger partial charge >= 0.3 is 6.09 Å². The molecule has 0 fully saturated rings. The second kappa shape index (κ2) is 3.87. The Balaban J connectivity index is 1.98.